The fourth-order valence-electron chi connectivity index (χ4n) is 3.48. The van der Waals surface area contributed by atoms with Gasteiger partial charge in [-0.2, -0.15) is 0 Å². The summed E-state index contributed by atoms with van der Waals surface area (Å²) in [6, 6.07) is 16.5. The molecule has 126 valence electrons. The zero-order valence-electron chi connectivity index (χ0n) is 14.2. The van der Waals surface area contributed by atoms with Gasteiger partial charge in [0, 0.05) is 29.5 Å². The molecular formula is C20H24N2OS. The van der Waals surface area contributed by atoms with Crippen molar-refractivity contribution in [3.05, 3.63) is 65.2 Å². The smallest absolute Gasteiger partial charge is 0.254 e. The molecule has 0 radical (unpaired) electrons. The van der Waals surface area contributed by atoms with Crippen molar-refractivity contribution >= 4 is 17.7 Å². The van der Waals surface area contributed by atoms with E-state index in [9.17, 15) is 4.79 Å². The van der Waals surface area contributed by atoms with Gasteiger partial charge in [0.15, 0.2) is 0 Å². The summed E-state index contributed by atoms with van der Waals surface area (Å²) >= 11 is 1.66. The molecule has 24 heavy (non-hydrogen) atoms. The number of carbonyl (C=O) groups is 1. The monoisotopic (exact) mass is 340 g/mol. The number of nitrogens with zero attached hydrogens (tertiary/aromatic N) is 1. The molecule has 0 bridgehead atoms. The molecule has 0 aliphatic carbocycles. The van der Waals surface area contributed by atoms with Crippen molar-refractivity contribution in [3.63, 3.8) is 0 Å². The maximum absolute atomic E-state index is 13.1. The largest absolute Gasteiger partial charge is 0.338 e. The Balaban J connectivity index is 1.84. The van der Waals surface area contributed by atoms with Crippen molar-refractivity contribution in [2.75, 3.05) is 25.9 Å². The maximum Gasteiger partial charge on any atom is 0.254 e. The summed E-state index contributed by atoms with van der Waals surface area (Å²) in [4.78, 5) is 16.1. The van der Waals surface area contributed by atoms with E-state index in [2.05, 4.69) is 30.3 Å². The zero-order chi connectivity index (χ0) is 17.1. The number of nitrogens with two attached hydrogens (primary N) is 1. The Labute approximate surface area is 148 Å². The normalized spacial score (nSPS) is 20.4. The molecule has 0 saturated carbocycles. The average molecular weight is 340 g/mol. The van der Waals surface area contributed by atoms with Crippen LogP contribution in [0.5, 0.6) is 0 Å². The molecule has 1 amide bonds. The molecule has 0 aromatic heterocycles. The second-order valence-electron chi connectivity index (χ2n) is 6.40. The lowest BCUT2D eigenvalue weighted by atomic mass is 9.89. The van der Waals surface area contributed by atoms with E-state index in [0.717, 1.165) is 29.1 Å². The van der Waals surface area contributed by atoms with Gasteiger partial charge < -0.3 is 10.6 Å². The van der Waals surface area contributed by atoms with Crippen molar-refractivity contribution in [2.45, 2.75) is 17.7 Å². The van der Waals surface area contributed by atoms with Crippen LogP contribution in [-0.4, -0.2) is 36.7 Å². The third-order valence-corrected chi connectivity index (χ3v) is 5.66. The zero-order valence-corrected chi connectivity index (χ0v) is 15.1. The lowest BCUT2D eigenvalue weighted by molar-refractivity contribution is 0.0785. The van der Waals surface area contributed by atoms with E-state index in [-0.39, 0.29) is 5.91 Å². The molecule has 1 fully saturated rings. The minimum atomic E-state index is 0.125. The first-order chi connectivity index (χ1) is 11.6. The molecule has 0 spiro atoms. The number of amides is 1. The fraction of sp³-hybridized carbons (Fsp3) is 0.350. The minimum absolute atomic E-state index is 0.125. The number of carbonyl (C=O) groups excluding carboxylic acids is 1. The summed E-state index contributed by atoms with van der Waals surface area (Å²) in [5, 5.41) is 0. The fourth-order valence-corrected chi connectivity index (χ4v) is 3.92. The predicted octanol–water partition coefficient (Wildman–Crippen LogP) is 3.53. The molecule has 2 aromatic carbocycles. The topological polar surface area (TPSA) is 46.3 Å². The van der Waals surface area contributed by atoms with Crippen molar-refractivity contribution < 1.29 is 4.79 Å². The van der Waals surface area contributed by atoms with Crippen LogP contribution < -0.4 is 5.73 Å². The van der Waals surface area contributed by atoms with E-state index < -0.39 is 0 Å². The molecule has 2 N–H and O–H groups in total. The van der Waals surface area contributed by atoms with Crippen LogP contribution in [0, 0.1) is 12.8 Å². The first kappa shape index (κ1) is 17.1. The highest BCUT2D eigenvalue weighted by Gasteiger charge is 2.35. The lowest BCUT2D eigenvalue weighted by Crippen LogP contribution is -2.30. The van der Waals surface area contributed by atoms with Gasteiger partial charge in [0.1, 0.15) is 0 Å². The van der Waals surface area contributed by atoms with E-state index in [4.69, 9.17) is 5.73 Å². The predicted molar refractivity (Wildman–Crippen MR) is 101 cm³/mol. The van der Waals surface area contributed by atoms with Crippen LogP contribution in [0.4, 0.5) is 0 Å². The van der Waals surface area contributed by atoms with Gasteiger partial charge in [-0.25, -0.2) is 0 Å². The van der Waals surface area contributed by atoms with E-state index in [1.807, 2.05) is 36.3 Å². The summed E-state index contributed by atoms with van der Waals surface area (Å²) in [5.74, 6) is 0.768. The first-order valence-corrected chi connectivity index (χ1v) is 9.55. The number of aryl methyl sites for hydroxylation is 1. The first-order valence-electron chi connectivity index (χ1n) is 8.33. The third kappa shape index (κ3) is 3.35. The van der Waals surface area contributed by atoms with Gasteiger partial charge in [0.05, 0.1) is 0 Å². The van der Waals surface area contributed by atoms with Gasteiger partial charge in [-0.05, 0) is 48.9 Å². The third-order valence-electron chi connectivity index (χ3n) is 4.93. The van der Waals surface area contributed by atoms with Crippen LogP contribution in [0.2, 0.25) is 0 Å². The van der Waals surface area contributed by atoms with Gasteiger partial charge in [-0.3, -0.25) is 4.79 Å². The molecule has 2 atom stereocenters. The van der Waals surface area contributed by atoms with E-state index in [1.54, 1.807) is 11.8 Å². The standard InChI is InChI=1S/C20H24N2OS/c1-14-8-9-17(24-2)10-18(14)20(23)22-12-16(11-21)19(13-22)15-6-4-3-5-7-15/h3-10,16,19H,11-13,21H2,1-2H3/t16-,19+/m1/s1. The highest BCUT2D eigenvalue weighted by molar-refractivity contribution is 7.98. The lowest BCUT2D eigenvalue weighted by Gasteiger charge is -2.18. The summed E-state index contributed by atoms with van der Waals surface area (Å²) < 4.78 is 0. The molecule has 3 rings (SSSR count). The number of hydrogen-bond donors (Lipinski definition) is 1. The molecule has 0 unspecified atom stereocenters. The van der Waals surface area contributed by atoms with Crippen molar-refractivity contribution in [2.24, 2.45) is 11.7 Å². The number of benzene rings is 2. The Bertz CT molecular complexity index is 717. The van der Waals surface area contributed by atoms with Crippen molar-refractivity contribution in [1.29, 1.82) is 0 Å². The Morgan fingerprint density at radius 2 is 1.96 bits per heavy atom. The molecule has 1 aliphatic rings. The maximum atomic E-state index is 13.1. The number of likely N-dealkylation sites (tertiary alicyclic amines) is 1. The van der Waals surface area contributed by atoms with Crippen LogP contribution in [0.3, 0.4) is 0 Å². The van der Waals surface area contributed by atoms with Gasteiger partial charge in [0.25, 0.3) is 5.91 Å². The van der Waals surface area contributed by atoms with E-state index in [1.165, 1.54) is 5.56 Å². The summed E-state index contributed by atoms with van der Waals surface area (Å²) in [6.45, 7) is 4.08. The molecule has 3 nitrogen and oxygen atoms in total. The minimum Gasteiger partial charge on any atom is -0.338 e. The highest BCUT2D eigenvalue weighted by Crippen LogP contribution is 2.33. The Hall–Kier alpha value is -1.78. The van der Waals surface area contributed by atoms with E-state index in [0.29, 0.717) is 18.4 Å². The van der Waals surface area contributed by atoms with Crippen LogP contribution in [-0.2, 0) is 0 Å². The highest BCUT2D eigenvalue weighted by atomic mass is 32.2. The van der Waals surface area contributed by atoms with E-state index >= 15 is 0 Å². The molecule has 1 saturated heterocycles. The van der Waals surface area contributed by atoms with Crippen molar-refractivity contribution in [1.82, 2.24) is 4.90 Å². The van der Waals surface area contributed by atoms with Crippen molar-refractivity contribution in [3.8, 4) is 0 Å². The quantitative estimate of drug-likeness (QED) is 0.866. The van der Waals surface area contributed by atoms with Gasteiger partial charge in [-0.15, -0.1) is 11.8 Å². The Morgan fingerprint density at radius 3 is 2.62 bits per heavy atom. The number of thioether (sulfide) groups is 1. The SMILES string of the molecule is CSc1ccc(C)c(C(=O)N2C[C@@H](CN)[C@H](c3ccccc3)C2)c1. The molecule has 2 aromatic rings. The van der Waals surface area contributed by atoms with Gasteiger partial charge in [-0.1, -0.05) is 36.4 Å². The second-order valence-corrected chi connectivity index (χ2v) is 7.28. The Kier molecular flexibility index (Phi) is 5.27. The second kappa shape index (κ2) is 7.41. The number of hydrogen-bond acceptors (Lipinski definition) is 3. The van der Waals surface area contributed by atoms with Crippen LogP contribution in [0.15, 0.2) is 53.4 Å². The molecule has 1 heterocycles. The Morgan fingerprint density at radius 1 is 1.21 bits per heavy atom. The summed E-state index contributed by atoms with van der Waals surface area (Å²) in [6.07, 6.45) is 2.03. The van der Waals surface area contributed by atoms with Crippen LogP contribution >= 0.6 is 11.8 Å². The number of rotatable bonds is 4. The molecular weight excluding hydrogens is 316 g/mol. The van der Waals surface area contributed by atoms with Crippen LogP contribution in [0.25, 0.3) is 0 Å². The molecule has 1 aliphatic heterocycles. The summed E-state index contributed by atoms with van der Waals surface area (Å²) in [5.41, 5.74) is 9.12. The van der Waals surface area contributed by atoms with Crippen LogP contribution in [0.1, 0.15) is 27.4 Å². The van der Waals surface area contributed by atoms with Gasteiger partial charge in [0.2, 0.25) is 0 Å². The van der Waals surface area contributed by atoms with Gasteiger partial charge >= 0.3 is 0 Å². The summed E-state index contributed by atoms with van der Waals surface area (Å²) in [7, 11) is 0. The average Bonchev–Trinajstić information content (AvgIpc) is 3.07. The molecule has 4 heteroatoms.